The zero-order chi connectivity index (χ0) is 25.0. The monoisotopic (exact) mass is 496 g/mol. The highest BCUT2D eigenvalue weighted by molar-refractivity contribution is 6.76. The summed E-state index contributed by atoms with van der Waals surface area (Å²) in [5.74, 6) is 0.726. The SMILES string of the molecule is C[Si](C)(C)CCOCn1cnc(-c2cccc(-c3ccc(CNC4Cc5ccccc5C4)cc3)c2)n1. The Hall–Kier alpha value is -3.06. The third-order valence-corrected chi connectivity index (χ3v) is 8.51. The van der Waals surface area contributed by atoms with Gasteiger partial charge in [-0.15, -0.1) is 5.10 Å². The van der Waals surface area contributed by atoms with Gasteiger partial charge in [0.25, 0.3) is 0 Å². The van der Waals surface area contributed by atoms with Gasteiger partial charge in [0.15, 0.2) is 5.82 Å². The molecule has 4 aromatic rings. The summed E-state index contributed by atoms with van der Waals surface area (Å²) in [6, 6.07) is 27.8. The van der Waals surface area contributed by atoms with E-state index < -0.39 is 8.07 Å². The van der Waals surface area contributed by atoms with Crippen molar-refractivity contribution in [1.82, 2.24) is 20.1 Å². The van der Waals surface area contributed by atoms with Gasteiger partial charge in [-0.1, -0.05) is 86.4 Å². The summed E-state index contributed by atoms with van der Waals surface area (Å²) in [7, 11) is -1.08. The molecule has 5 nitrogen and oxygen atoms in total. The quantitative estimate of drug-likeness (QED) is 0.210. The molecule has 0 atom stereocenters. The third-order valence-electron chi connectivity index (χ3n) is 6.81. The maximum Gasteiger partial charge on any atom is 0.181 e. The summed E-state index contributed by atoms with van der Waals surface area (Å²) >= 11 is 0. The van der Waals surface area contributed by atoms with Gasteiger partial charge >= 0.3 is 0 Å². The lowest BCUT2D eigenvalue weighted by atomic mass is 10.0. The Labute approximate surface area is 215 Å². The maximum atomic E-state index is 5.81. The average molecular weight is 497 g/mol. The molecule has 1 heterocycles. The highest BCUT2D eigenvalue weighted by Crippen LogP contribution is 2.26. The van der Waals surface area contributed by atoms with Gasteiger partial charge in [0.2, 0.25) is 0 Å². The average Bonchev–Trinajstić information content (AvgIpc) is 3.52. The predicted molar refractivity (Wildman–Crippen MR) is 149 cm³/mol. The fourth-order valence-corrected chi connectivity index (χ4v) is 5.40. The first-order chi connectivity index (χ1) is 17.4. The van der Waals surface area contributed by atoms with Crippen LogP contribution in [0.4, 0.5) is 0 Å². The van der Waals surface area contributed by atoms with Crippen LogP contribution in [0.2, 0.25) is 25.7 Å². The largest absolute Gasteiger partial charge is 0.359 e. The van der Waals surface area contributed by atoms with Crippen LogP contribution in [-0.4, -0.2) is 35.5 Å². The van der Waals surface area contributed by atoms with Gasteiger partial charge in [-0.25, -0.2) is 9.67 Å². The molecular weight excluding hydrogens is 460 g/mol. The molecule has 0 saturated heterocycles. The Kier molecular flexibility index (Phi) is 7.46. The van der Waals surface area contributed by atoms with E-state index in [1.54, 1.807) is 11.0 Å². The van der Waals surface area contributed by atoms with E-state index in [9.17, 15) is 0 Å². The molecule has 186 valence electrons. The van der Waals surface area contributed by atoms with Crippen molar-refractivity contribution in [1.29, 1.82) is 0 Å². The predicted octanol–water partition coefficient (Wildman–Crippen LogP) is 6.18. The number of hydrogen-bond acceptors (Lipinski definition) is 4. The van der Waals surface area contributed by atoms with Crippen molar-refractivity contribution in [2.75, 3.05) is 6.61 Å². The van der Waals surface area contributed by atoms with Crippen molar-refractivity contribution in [3.8, 4) is 22.5 Å². The molecule has 0 aliphatic heterocycles. The number of nitrogens with one attached hydrogen (secondary N) is 1. The second kappa shape index (κ2) is 10.9. The third kappa shape index (κ3) is 6.38. The van der Waals surface area contributed by atoms with Gasteiger partial charge in [-0.05, 0) is 52.8 Å². The van der Waals surface area contributed by atoms with Gasteiger partial charge in [0, 0.05) is 32.8 Å². The molecule has 6 heteroatoms. The molecule has 0 bridgehead atoms. The van der Waals surface area contributed by atoms with Crippen LogP contribution in [0.1, 0.15) is 16.7 Å². The number of benzene rings is 3. The van der Waals surface area contributed by atoms with E-state index in [1.807, 2.05) is 0 Å². The lowest BCUT2D eigenvalue weighted by molar-refractivity contribution is 0.0785. The van der Waals surface area contributed by atoms with Gasteiger partial charge in [0.05, 0.1) is 0 Å². The minimum Gasteiger partial charge on any atom is -0.359 e. The molecule has 36 heavy (non-hydrogen) atoms. The molecule has 0 radical (unpaired) electrons. The van der Waals surface area contributed by atoms with Gasteiger partial charge in [0.1, 0.15) is 13.1 Å². The van der Waals surface area contributed by atoms with Crippen LogP contribution < -0.4 is 5.32 Å². The molecule has 0 fully saturated rings. The molecule has 0 spiro atoms. The van der Waals surface area contributed by atoms with Crippen molar-refractivity contribution >= 4 is 8.07 Å². The second-order valence-electron chi connectivity index (χ2n) is 11.0. The Morgan fingerprint density at radius 3 is 2.33 bits per heavy atom. The molecule has 0 amide bonds. The maximum absolute atomic E-state index is 5.81. The first kappa shape index (κ1) is 24.6. The van der Waals surface area contributed by atoms with Crippen LogP contribution >= 0.6 is 0 Å². The zero-order valence-electron chi connectivity index (χ0n) is 21.6. The Bertz CT molecular complexity index is 1270. The van der Waals surface area contributed by atoms with Crippen LogP contribution in [0.15, 0.2) is 79.1 Å². The summed E-state index contributed by atoms with van der Waals surface area (Å²) in [6.07, 6.45) is 3.99. The van der Waals surface area contributed by atoms with Crippen LogP contribution in [0.5, 0.6) is 0 Å². The Balaban J connectivity index is 1.17. The molecule has 1 aliphatic rings. The van der Waals surface area contributed by atoms with Gasteiger partial charge in [-0.3, -0.25) is 0 Å². The summed E-state index contributed by atoms with van der Waals surface area (Å²) in [5.41, 5.74) is 7.66. The molecule has 1 aliphatic carbocycles. The number of rotatable bonds is 10. The van der Waals surface area contributed by atoms with Crippen molar-refractivity contribution in [2.24, 2.45) is 0 Å². The van der Waals surface area contributed by atoms with E-state index in [2.05, 4.69) is 108 Å². The highest BCUT2D eigenvalue weighted by atomic mass is 28.3. The zero-order valence-corrected chi connectivity index (χ0v) is 22.6. The molecular formula is C30H36N4OSi. The minimum atomic E-state index is -1.08. The number of hydrogen-bond donors (Lipinski definition) is 1. The molecule has 5 rings (SSSR count). The molecule has 3 aromatic carbocycles. The van der Waals surface area contributed by atoms with Crippen molar-refractivity contribution in [3.05, 3.63) is 95.8 Å². The minimum absolute atomic E-state index is 0.444. The summed E-state index contributed by atoms with van der Waals surface area (Å²) < 4.78 is 7.58. The summed E-state index contributed by atoms with van der Waals surface area (Å²) in [4.78, 5) is 4.51. The van der Waals surface area contributed by atoms with E-state index in [-0.39, 0.29) is 0 Å². The van der Waals surface area contributed by atoms with E-state index in [0.717, 1.165) is 43.4 Å². The van der Waals surface area contributed by atoms with Crippen LogP contribution in [-0.2, 0) is 30.9 Å². The Morgan fingerprint density at radius 1 is 0.889 bits per heavy atom. The highest BCUT2D eigenvalue weighted by Gasteiger charge is 2.20. The lowest BCUT2D eigenvalue weighted by Crippen LogP contribution is -2.28. The van der Waals surface area contributed by atoms with Gasteiger partial charge in [-0.2, -0.15) is 0 Å². The number of nitrogens with zero attached hydrogens (tertiary/aromatic N) is 3. The Morgan fingerprint density at radius 2 is 1.61 bits per heavy atom. The number of aromatic nitrogens is 3. The fourth-order valence-electron chi connectivity index (χ4n) is 4.64. The molecule has 0 unspecified atom stereocenters. The van der Waals surface area contributed by atoms with E-state index in [4.69, 9.17) is 4.74 Å². The first-order valence-corrected chi connectivity index (χ1v) is 16.6. The van der Waals surface area contributed by atoms with Crippen molar-refractivity contribution in [2.45, 2.75) is 57.8 Å². The van der Waals surface area contributed by atoms with Gasteiger partial charge < -0.3 is 10.1 Å². The standard InChI is InChI=1S/C30H36N4OSi/c1-36(2,3)16-15-35-22-34-21-32-30(33-34)28-10-6-9-25(17-28)24-13-11-23(12-14-24)20-31-29-18-26-7-4-5-8-27(26)19-29/h4-14,17,21,29,31H,15-16,18-20,22H2,1-3H3. The van der Waals surface area contributed by atoms with E-state index in [1.165, 1.54) is 27.8 Å². The van der Waals surface area contributed by atoms with Crippen LogP contribution in [0.25, 0.3) is 22.5 Å². The first-order valence-electron chi connectivity index (χ1n) is 12.9. The number of fused-ring (bicyclic) bond motifs is 1. The molecule has 1 aromatic heterocycles. The fraction of sp³-hybridized carbons (Fsp3) is 0.333. The topological polar surface area (TPSA) is 52.0 Å². The second-order valence-corrected chi connectivity index (χ2v) is 16.6. The van der Waals surface area contributed by atoms with Crippen LogP contribution in [0.3, 0.4) is 0 Å². The van der Waals surface area contributed by atoms with Crippen molar-refractivity contribution < 1.29 is 4.74 Å². The number of ether oxygens (including phenoxy) is 1. The van der Waals surface area contributed by atoms with E-state index >= 15 is 0 Å². The molecule has 1 N–H and O–H groups in total. The molecule has 0 saturated carbocycles. The smallest absolute Gasteiger partial charge is 0.181 e. The summed E-state index contributed by atoms with van der Waals surface area (Å²) in [5, 5.41) is 8.36. The van der Waals surface area contributed by atoms with Crippen LogP contribution in [0, 0.1) is 0 Å². The van der Waals surface area contributed by atoms with Crippen molar-refractivity contribution in [3.63, 3.8) is 0 Å². The lowest BCUT2D eigenvalue weighted by Gasteiger charge is -2.15. The van der Waals surface area contributed by atoms with E-state index in [0.29, 0.717) is 12.8 Å². The summed E-state index contributed by atoms with van der Waals surface area (Å²) in [6.45, 7) is 9.19. The normalized spacial score (nSPS) is 13.8.